The molecular formula is C17H32N2O2. The van der Waals surface area contributed by atoms with Crippen LogP contribution in [-0.2, 0) is 0 Å². The maximum Gasteiger partial charge on any atom is 0.438 e. The molecule has 0 saturated carbocycles. The molecule has 0 bridgehead atoms. The van der Waals surface area contributed by atoms with Crippen LogP contribution >= 0.6 is 0 Å². The number of aromatic nitrogens is 2. The van der Waals surface area contributed by atoms with Gasteiger partial charge in [-0.25, -0.2) is 4.79 Å². The second kappa shape index (κ2) is 11.6. The third-order valence-electron chi connectivity index (χ3n) is 4.16. The Kier molecular flexibility index (Phi) is 9.92. The highest BCUT2D eigenvalue weighted by Crippen LogP contribution is 2.18. The smallest absolute Gasteiger partial charge is 0.296 e. The Labute approximate surface area is 128 Å². The number of rotatable bonds is 13. The molecule has 1 aromatic rings. The van der Waals surface area contributed by atoms with Crippen LogP contribution in [0, 0.1) is 0 Å². The predicted molar refractivity (Wildman–Crippen MR) is 86.6 cm³/mol. The van der Waals surface area contributed by atoms with Crippen molar-refractivity contribution in [2.45, 2.75) is 96.8 Å². The second-order valence-corrected chi connectivity index (χ2v) is 6.21. The van der Waals surface area contributed by atoms with E-state index >= 15 is 0 Å². The van der Waals surface area contributed by atoms with Gasteiger partial charge in [0.1, 0.15) is 0 Å². The lowest BCUT2D eigenvalue weighted by molar-refractivity contribution is 0.376. The van der Waals surface area contributed by atoms with Crippen LogP contribution in [0.25, 0.3) is 0 Å². The van der Waals surface area contributed by atoms with E-state index in [2.05, 4.69) is 28.5 Å². The first-order valence-electron chi connectivity index (χ1n) is 8.80. The Balaban J connectivity index is 1.87. The Bertz CT molecular complexity index is 397. The minimum Gasteiger partial charge on any atom is -0.296 e. The summed E-state index contributed by atoms with van der Waals surface area (Å²) < 4.78 is 4.53. The summed E-state index contributed by atoms with van der Waals surface area (Å²) in [6.45, 7) is 4.35. The highest BCUT2D eigenvalue weighted by atomic mass is 16.5. The second-order valence-electron chi connectivity index (χ2n) is 6.21. The molecule has 0 saturated heterocycles. The van der Waals surface area contributed by atoms with E-state index in [1.54, 1.807) is 0 Å². The van der Waals surface area contributed by atoms with Crippen LogP contribution in [0.2, 0.25) is 0 Å². The third-order valence-corrected chi connectivity index (χ3v) is 4.16. The monoisotopic (exact) mass is 296 g/mol. The third kappa shape index (κ3) is 8.74. The van der Waals surface area contributed by atoms with Gasteiger partial charge in [0.2, 0.25) is 0 Å². The first-order chi connectivity index (χ1) is 10.2. The number of H-pyrrole nitrogens is 1. The number of nitrogens with one attached hydrogen (secondary N) is 1. The molecule has 1 heterocycles. The molecule has 0 aliphatic carbocycles. The molecular weight excluding hydrogens is 264 g/mol. The van der Waals surface area contributed by atoms with Crippen molar-refractivity contribution in [2.24, 2.45) is 0 Å². The summed E-state index contributed by atoms with van der Waals surface area (Å²) >= 11 is 0. The van der Waals surface area contributed by atoms with Crippen LogP contribution < -0.4 is 5.76 Å². The molecule has 0 aliphatic heterocycles. The van der Waals surface area contributed by atoms with Crippen molar-refractivity contribution >= 4 is 0 Å². The highest BCUT2D eigenvalue weighted by molar-refractivity contribution is 4.88. The molecule has 1 aromatic heterocycles. The van der Waals surface area contributed by atoms with E-state index in [0.29, 0.717) is 5.82 Å². The van der Waals surface area contributed by atoms with Crippen molar-refractivity contribution in [3.63, 3.8) is 0 Å². The first-order valence-corrected chi connectivity index (χ1v) is 8.80. The molecule has 21 heavy (non-hydrogen) atoms. The van der Waals surface area contributed by atoms with Gasteiger partial charge in [0.05, 0.1) is 0 Å². The van der Waals surface area contributed by atoms with Gasteiger partial charge in [-0.2, -0.15) is 0 Å². The summed E-state index contributed by atoms with van der Waals surface area (Å²) in [6, 6.07) is 0. The lowest BCUT2D eigenvalue weighted by Crippen LogP contribution is -2.01. The van der Waals surface area contributed by atoms with E-state index in [4.69, 9.17) is 0 Å². The first kappa shape index (κ1) is 18.0. The molecule has 0 amide bonds. The van der Waals surface area contributed by atoms with Crippen LogP contribution in [0.1, 0.15) is 103 Å². The molecule has 1 atom stereocenters. The van der Waals surface area contributed by atoms with Crippen molar-refractivity contribution in [2.75, 3.05) is 0 Å². The number of hydrogen-bond acceptors (Lipinski definition) is 3. The fourth-order valence-electron chi connectivity index (χ4n) is 2.71. The summed E-state index contributed by atoms with van der Waals surface area (Å²) in [5.41, 5.74) is 0. The van der Waals surface area contributed by atoms with Gasteiger partial charge in [0, 0.05) is 5.92 Å². The lowest BCUT2D eigenvalue weighted by Gasteiger charge is -2.06. The zero-order chi connectivity index (χ0) is 15.3. The predicted octanol–water partition coefficient (Wildman–Crippen LogP) is 5.17. The van der Waals surface area contributed by atoms with E-state index in [1.807, 2.05) is 0 Å². The SMILES string of the molecule is CCCCCCCCCCCCCC(C)c1noc(=O)[nH]1. The average Bonchev–Trinajstić information content (AvgIpc) is 2.91. The average molecular weight is 296 g/mol. The van der Waals surface area contributed by atoms with Crippen molar-refractivity contribution in [1.82, 2.24) is 10.1 Å². The topological polar surface area (TPSA) is 58.9 Å². The maximum absolute atomic E-state index is 10.9. The van der Waals surface area contributed by atoms with Crippen molar-refractivity contribution < 1.29 is 4.52 Å². The Hall–Kier alpha value is -1.06. The fraction of sp³-hybridized carbons (Fsp3) is 0.882. The van der Waals surface area contributed by atoms with E-state index in [0.717, 1.165) is 6.42 Å². The molecule has 0 aliphatic rings. The minimum absolute atomic E-state index is 0.287. The highest BCUT2D eigenvalue weighted by Gasteiger charge is 2.10. The summed E-state index contributed by atoms with van der Waals surface area (Å²) in [5.74, 6) is 0.526. The molecule has 0 spiro atoms. The fourth-order valence-corrected chi connectivity index (χ4v) is 2.71. The summed E-state index contributed by atoms with van der Waals surface area (Å²) in [6.07, 6.45) is 16.0. The van der Waals surface area contributed by atoms with Crippen molar-refractivity contribution in [3.05, 3.63) is 16.4 Å². The largest absolute Gasteiger partial charge is 0.438 e. The van der Waals surface area contributed by atoms with Crippen molar-refractivity contribution in [3.8, 4) is 0 Å². The standard InChI is InChI=1S/C17H32N2O2/c1-3-4-5-6-7-8-9-10-11-12-13-14-15(2)16-18-17(20)21-19-16/h15H,3-14H2,1-2H3,(H,18,19,20). The summed E-state index contributed by atoms with van der Waals surface area (Å²) in [4.78, 5) is 13.5. The van der Waals surface area contributed by atoms with Gasteiger partial charge in [-0.1, -0.05) is 89.6 Å². The number of hydrogen-bond donors (Lipinski definition) is 1. The van der Waals surface area contributed by atoms with Crippen LogP contribution in [0.3, 0.4) is 0 Å². The van der Waals surface area contributed by atoms with E-state index in [1.165, 1.54) is 70.6 Å². The van der Waals surface area contributed by atoms with Crippen LogP contribution in [0.4, 0.5) is 0 Å². The van der Waals surface area contributed by atoms with E-state index in [9.17, 15) is 4.79 Å². The van der Waals surface area contributed by atoms with Crippen LogP contribution in [0.5, 0.6) is 0 Å². The normalized spacial score (nSPS) is 12.7. The van der Waals surface area contributed by atoms with Gasteiger partial charge in [-0.15, -0.1) is 0 Å². The molecule has 0 fully saturated rings. The lowest BCUT2D eigenvalue weighted by atomic mass is 10.0. The Morgan fingerprint density at radius 1 is 0.952 bits per heavy atom. The van der Waals surface area contributed by atoms with Gasteiger partial charge in [-0.05, 0) is 6.42 Å². The van der Waals surface area contributed by atoms with Crippen LogP contribution in [0.15, 0.2) is 9.32 Å². The van der Waals surface area contributed by atoms with Gasteiger partial charge in [0.25, 0.3) is 0 Å². The van der Waals surface area contributed by atoms with Gasteiger partial charge < -0.3 is 0 Å². The van der Waals surface area contributed by atoms with E-state index < -0.39 is 5.76 Å². The quantitative estimate of drug-likeness (QED) is 0.511. The minimum atomic E-state index is -0.448. The molecule has 1 N–H and O–H groups in total. The summed E-state index contributed by atoms with van der Waals surface area (Å²) in [5, 5.41) is 3.74. The zero-order valence-electron chi connectivity index (χ0n) is 13.8. The molecule has 4 heteroatoms. The number of unbranched alkanes of at least 4 members (excludes halogenated alkanes) is 10. The van der Waals surface area contributed by atoms with Crippen LogP contribution in [-0.4, -0.2) is 10.1 Å². The molecule has 1 unspecified atom stereocenters. The van der Waals surface area contributed by atoms with Crippen molar-refractivity contribution in [1.29, 1.82) is 0 Å². The zero-order valence-corrected chi connectivity index (χ0v) is 13.8. The molecule has 0 radical (unpaired) electrons. The van der Waals surface area contributed by atoms with Gasteiger partial charge in [-0.3, -0.25) is 9.51 Å². The Morgan fingerprint density at radius 3 is 1.95 bits per heavy atom. The summed E-state index contributed by atoms with van der Waals surface area (Å²) in [7, 11) is 0. The molecule has 4 nitrogen and oxygen atoms in total. The maximum atomic E-state index is 10.9. The van der Waals surface area contributed by atoms with Gasteiger partial charge in [0.15, 0.2) is 5.82 Å². The molecule has 0 aromatic carbocycles. The number of nitrogens with zero attached hydrogens (tertiary/aromatic N) is 1. The number of aromatic amines is 1. The molecule has 1 rings (SSSR count). The Morgan fingerprint density at radius 2 is 1.48 bits per heavy atom. The van der Waals surface area contributed by atoms with Gasteiger partial charge >= 0.3 is 5.76 Å². The molecule has 122 valence electrons. The van der Waals surface area contributed by atoms with E-state index in [-0.39, 0.29) is 5.92 Å².